The maximum absolute atomic E-state index is 13.3. The van der Waals surface area contributed by atoms with Crippen LogP contribution in [0.2, 0.25) is 0 Å². The first-order valence-electron chi connectivity index (χ1n) is 10.3. The lowest BCUT2D eigenvalue weighted by atomic mass is 10.0. The van der Waals surface area contributed by atoms with Gasteiger partial charge in [-0.2, -0.15) is 18.3 Å². The number of hydrogen-bond donors (Lipinski definition) is 2. The normalized spacial score (nSPS) is 17.5. The molecule has 1 unspecified atom stereocenters. The minimum atomic E-state index is -4.88. The number of fused-ring (bicyclic) bond motifs is 2. The summed E-state index contributed by atoms with van der Waals surface area (Å²) in [5, 5.41) is 22.1. The molecule has 4 rings (SSSR count). The van der Waals surface area contributed by atoms with E-state index in [1.165, 1.54) is 15.4 Å². The van der Waals surface area contributed by atoms with Gasteiger partial charge in [-0.3, -0.25) is 9.48 Å². The molecule has 3 aromatic rings. The van der Waals surface area contributed by atoms with E-state index in [0.717, 1.165) is 0 Å². The number of alkyl halides is 3. The van der Waals surface area contributed by atoms with E-state index in [9.17, 15) is 23.1 Å². The zero-order valence-electron chi connectivity index (χ0n) is 19.2. The van der Waals surface area contributed by atoms with Gasteiger partial charge in [-0.25, -0.2) is 10.2 Å². The van der Waals surface area contributed by atoms with Crippen LogP contribution in [-0.4, -0.2) is 53.2 Å². The number of halogens is 3. The highest BCUT2D eigenvalue weighted by atomic mass is 31.1. The molecule has 3 heterocycles. The predicted octanol–water partition coefficient (Wildman–Crippen LogP) is 2.48. The van der Waals surface area contributed by atoms with Crippen molar-refractivity contribution in [2.24, 2.45) is 7.05 Å². The fraction of sp³-hybridized carbons (Fsp3) is 0.381. The number of nitrogens with zero attached hydrogens (tertiary/aromatic N) is 5. The molecule has 3 atom stereocenters. The summed E-state index contributed by atoms with van der Waals surface area (Å²) >= 11 is 0. The zero-order chi connectivity index (χ0) is 27.0. The van der Waals surface area contributed by atoms with Crippen molar-refractivity contribution in [3.63, 3.8) is 0 Å². The first-order valence-corrected chi connectivity index (χ1v) is 11.4. The lowest BCUT2D eigenvalue weighted by Crippen LogP contribution is -2.46. The number of amides is 1. The number of benzene rings is 1. The first kappa shape index (κ1) is 27.3. The Kier molecular flexibility index (Phi) is 7.54. The fourth-order valence-electron chi connectivity index (χ4n) is 4.00. The summed E-state index contributed by atoms with van der Waals surface area (Å²) in [6.07, 6.45) is 1.81. The average molecular weight is 529 g/mol. The van der Waals surface area contributed by atoms with E-state index in [0.29, 0.717) is 34.8 Å². The smallest absolute Gasteiger partial charge is 0.521 e. The molecule has 0 spiro atoms. The van der Waals surface area contributed by atoms with Crippen LogP contribution in [0.15, 0.2) is 24.4 Å². The summed E-state index contributed by atoms with van der Waals surface area (Å²) in [7, 11) is -1.39. The quantitative estimate of drug-likeness (QED) is 0.228. The van der Waals surface area contributed by atoms with Crippen LogP contribution in [-0.2, 0) is 28.4 Å². The van der Waals surface area contributed by atoms with Gasteiger partial charge in [-0.15, -0.1) is 6.42 Å². The molecule has 2 aromatic heterocycles. The van der Waals surface area contributed by atoms with Crippen molar-refractivity contribution >= 4 is 25.1 Å². The fourth-order valence-corrected chi connectivity index (χ4v) is 4.00. The van der Waals surface area contributed by atoms with Crippen LogP contribution in [0.5, 0.6) is 0 Å². The molecule has 0 saturated carbocycles. The predicted molar refractivity (Wildman–Crippen MR) is 119 cm³/mol. The third-order valence-corrected chi connectivity index (χ3v) is 5.83. The molecule has 36 heavy (non-hydrogen) atoms. The second-order valence-corrected chi connectivity index (χ2v) is 8.81. The minimum Gasteiger partial charge on any atom is -0.565 e. The van der Waals surface area contributed by atoms with Gasteiger partial charge in [0, 0.05) is 30.6 Å². The minimum absolute atomic E-state index is 0. The first-order chi connectivity index (χ1) is 16.7. The van der Waals surface area contributed by atoms with Gasteiger partial charge in [0.1, 0.15) is 5.69 Å². The summed E-state index contributed by atoms with van der Waals surface area (Å²) < 4.78 is 54.5. The number of aromatic nitrogens is 4. The maximum atomic E-state index is 13.3. The Balaban J connectivity index is 0.000000734. The molecule has 194 valence electrons. The molecule has 0 aliphatic carbocycles. The highest BCUT2D eigenvalue weighted by molar-refractivity contribution is 7.30. The van der Waals surface area contributed by atoms with Crippen LogP contribution in [0.1, 0.15) is 48.9 Å². The lowest BCUT2D eigenvalue weighted by molar-refractivity contribution is -0.263. The Labute approximate surface area is 205 Å². The van der Waals surface area contributed by atoms with Crippen molar-refractivity contribution in [1.29, 1.82) is 0 Å². The van der Waals surface area contributed by atoms with Gasteiger partial charge in [-0.1, -0.05) is 5.92 Å². The molecular weight excluding hydrogens is 506 g/mol. The third kappa shape index (κ3) is 4.97. The summed E-state index contributed by atoms with van der Waals surface area (Å²) in [5.41, 5.74) is -1.10. The number of terminal acetylenes is 1. The van der Waals surface area contributed by atoms with Crippen molar-refractivity contribution in [2.75, 3.05) is 6.54 Å². The van der Waals surface area contributed by atoms with Gasteiger partial charge in [-0.05, 0) is 36.6 Å². The van der Waals surface area contributed by atoms with E-state index in [4.69, 9.17) is 21.1 Å². The van der Waals surface area contributed by atoms with Crippen LogP contribution < -0.4 is 4.89 Å². The van der Waals surface area contributed by atoms with Crippen LogP contribution in [0.4, 0.5) is 13.2 Å². The Morgan fingerprint density at radius 1 is 1.42 bits per heavy atom. The number of rotatable bonds is 3. The molecule has 0 fully saturated rings. The summed E-state index contributed by atoms with van der Waals surface area (Å²) in [5.74, 6) is 1.74. The molecule has 1 aromatic carbocycles. The molecule has 1 amide bonds. The standard InChI is InChI=1S/C21H20F3N5O2.HO4P.H2/c1-5-13-6-7-15-16(8-13)26-27(4)17(15)18(30)28-10-12(2)29-14(11-28)9-25-19(29)20(3,31)21(22,23)24;1-4-5(2)3;/h1,6-9,12,31H,10-11H2,2-4H3;1H;1H/t12-,20+;;/m0../s1. The molecule has 0 radical (unpaired) electrons. The number of carbonyl (C=O) groups is 1. The second-order valence-electron chi connectivity index (χ2n) is 8.20. The highest BCUT2D eigenvalue weighted by Crippen LogP contribution is 2.40. The monoisotopic (exact) mass is 529 g/mol. The molecule has 2 N–H and O–H groups in total. The molecule has 0 bridgehead atoms. The summed E-state index contributed by atoms with van der Waals surface area (Å²) in [6.45, 7) is 2.57. The maximum Gasteiger partial charge on any atom is 0.521 e. The third-order valence-electron chi connectivity index (χ3n) is 5.70. The number of carbonyl (C=O) groups excluding carboxylic acids is 1. The molecule has 1 aliphatic heterocycles. The number of aryl methyl sites for hydroxylation is 1. The van der Waals surface area contributed by atoms with Gasteiger partial charge < -0.3 is 19.5 Å². The van der Waals surface area contributed by atoms with Gasteiger partial charge in [0.25, 0.3) is 5.91 Å². The highest BCUT2D eigenvalue weighted by Gasteiger charge is 2.55. The van der Waals surface area contributed by atoms with Crippen molar-refractivity contribution in [1.82, 2.24) is 24.2 Å². The van der Waals surface area contributed by atoms with E-state index < -0.39 is 31.9 Å². The average Bonchev–Trinajstić information content (AvgIpc) is 3.38. The lowest BCUT2D eigenvalue weighted by Gasteiger charge is -2.36. The van der Waals surface area contributed by atoms with E-state index in [1.54, 1.807) is 37.1 Å². The summed E-state index contributed by atoms with van der Waals surface area (Å²) in [4.78, 5) is 27.7. The van der Waals surface area contributed by atoms with Crippen LogP contribution in [0.3, 0.4) is 0 Å². The Bertz CT molecular complexity index is 1370. The SMILES string of the molecule is C#Cc1ccc2c(C(=O)N3Cc4cnc([C@@](C)(O)C(F)(F)F)n4[C@@H](C)C3)n(C)nc2c1.O=[P+]([O-])OO.[HH]. The Morgan fingerprint density at radius 3 is 2.61 bits per heavy atom. The van der Waals surface area contributed by atoms with Gasteiger partial charge in [0.2, 0.25) is 5.60 Å². The Hall–Kier alpha value is -3.34. The zero-order valence-corrected chi connectivity index (χ0v) is 20.1. The summed E-state index contributed by atoms with van der Waals surface area (Å²) in [6, 6.07) is 4.65. The number of hydrogen-bond acceptors (Lipinski definition) is 8. The largest absolute Gasteiger partial charge is 0.565 e. The molecule has 0 saturated heterocycles. The second kappa shape index (κ2) is 9.96. The van der Waals surface area contributed by atoms with Crippen LogP contribution >= 0.6 is 8.25 Å². The molecular formula is C21H23F3N5O6P. The van der Waals surface area contributed by atoms with Crippen molar-refractivity contribution in [3.8, 4) is 12.3 Å². The topological polar surface area (TPSA) is 146 Å². The Morgan fingerprint density at radius 2 is 2.06 bits per heavy atom. The van der Waals surface area contributed by atoms with E-state index >= 15 is 0 Å². The van der Waals surface area contributed by atoms with Crippen LogP contribution in [0, 0.1) is 12.3 Å². The molecule has 11 nitrogen and oxygen atoms in total. The van der Waals surface area contributed by atoms with E-state index in [2.05, 4.69) is 20.7 Å². The molecule has 15 heteroatoms. The van der Waals surface area contributed by atoms with Crippen molar-refractivity contribution < 1.29 is 43.9 Å². The van der Waals surface area contributed by atoms with Crippen molar-refractivity contribution in [2.45, 2.75) is 38.2 Å². The number of imidazole rings is 1. The van der Waals surface area contributed by atoms with Gasteiger partial charge in [0.15, 0.2) is 5.82 Å². The van der Waals surface area contributed by atoms with E-state index in [1.807, 2.05) is 0 Å². The number of aliphatic hydroxyl groups is 1. The van der Waals surface area contributed by atoms with Gasteiger partial charge in [0.05, 0.1) is 30.0 Å². The van der Waals surface area contributed by atoms with Crippen molar-refractivity contribution in [3.05, 3.63) is 47.2 Å². The van der Waals surface area contributed by atoms with E-state index in [-0.39, 0.29) is 20.4 Å². The van der Waals surface area contributed by atoms with Gasteiger partial charge >= 0.3 is 14.4 Å². The molecule has 1 aliphatic rings. The van der Waals surface area contributed by atoms with Crippen LogP contribution in [0.25, 0.3) is 10.9 Å².